The van der Waals surface area contributed by atoms with Crippen LogP contribution in [0.2, 0.25) is 0 Å². The average molecular weight is 328 g/mol. The molecule has 1 aromatic carbocycles. The van der Waals surface area contributed by atoms with Crippen LogP contribution >= 0.6 is 0 Å². The molecule has 126 valence electrons. The van der Waals surface area contributed by atoms with Crippen molar-refractivity contribution >= 4 is 11.8 Å². The van der Waals surface area contributed by atoms with Crippen LogP contribution in [-0.2, 0) is 6.42 Å². The molecule has 1 N–H and O–H groups in total. The first-order chi connectivity index (χ1) is 11.6. The second-order valence-corrected chi connectivity index (χ2v) is 5.75. The molecule has 6 heteroatoms. The fourth-order valence-corrected chi connectivity index (χ4v) is 2.74. The van der Waals surface area contributed by atoms with Gasteiger partial charge in [0.25, 0.3) is 11.8 Å². The van der Waals surface area contributed by atoms with Gasteiger partial charge >= 0.3 is 0 Å². The lowest BCUT2D eigenvalue weighted by Gasteiger charge is -2.34. The first-order valence-electron chi connectivity index (χ1n) is 8.04. The maximum absolute atomic E-state index is 12.4. The van der Waals surface area contributed by atoms with Crippen molar-refractivity contribution in [1.29, 1.82) is 0 Å². The Hall–Kier alpha value is -2.76. The quantitative estimate of drug-likeness (QED) is 0.937. The molecule has 2 aromatic rings. The number of aromatic hydroxyl groups is 1. The molecule has 1 aliphatic heterocycles. The van der Waals surface area contributed by atoms with Crippen LogP contribution in [0.1, 0.15) is 33.6 Å². The Labute approximate surface area is 140 Å². The van der Waals surface area contributed by atoms with Crippen molar-refractivity contribution in [2.45, 2.75) is 13.3 Å². The number of hydrogen-bond acceptors (Lipinski definition) is 4. The van der Waals surface area contributed by atoms with E-state index in [0.717, 1.165) is 12.2 Å². The molecule has 1 aromatic heterocycles. The minimum atomic E-state index is -0.133. The molecule has 2 heterocycles. The van der Waals surface area contributed by atoms with Crippen LogP contribution in [-0.4, -0.2) is 52.9 Å². The first kappa shape index (κ1) is 16.1. The van der Waals surface area contributed by atoms with Gasteiger partial charge in [-0.15, -0.1) is 0 Å². The lowest BCUT2D eigenvalue weighted by atomic mass is 10.1. The average Bonchev–Trinajstić information content (AvgIpc) is 3.10. The number of furan rings is 1. The summed E-state index contributed by atoms with van der Waals surface area (Å²) in [4.78, 5) is 28.3. The number of hydrogen-bond donors (Lipinski definition) is 1. The second kappa shape index (κ2) is 6.78. The van der Waals surface area contributed by atoms with Crippen LogP contribution in [0, 0.1) is 0 Å². The molecule has 1 saturated heterocycles. The van der Waals surface area contributed by atoms with Crippen molar-refractivity contribution < 1.29 is 19.1 Å². The Morgan fingerprint density at radius 3 is 2.08 bits per heavy atom. The third kappa shape index (κ3) is 3.27. The lowest BCUT2D eigenvalue weighted by Crippen LogP contribution is -2.50. The SMILES string of the molecule is CCc1ccc(C(=O)N2CCN(C(=O)c3ccc(O)cc3)CC2)o1. The standard InChI is InChI=1S/C18H20N2O4/c1-2-15-7-8-16(24-15)18(23)20-11-9-19(10-12-20)17(22)13-3-5-14(21)6-4-13/h3-8,21H,2,9-12H2,1H3. The molecule has 24 heavy (non-hydrogen) atoms. The highest BCUT2D eigenvalue weighted by molar-refractivity contribution is 5.95. The van der Waals surface area contributed by atoms with E-state index in [1.807, 2.05) is 13.0 Å². The van der Waals surface area contributed by atoms with Gasteiger partial charge in [0.1, 0.15) is 11.5 Å². The number of aryl methyl sites for hydroxylation is 1. The zero-order chi connectivity index (χ0) is 17.1. The number of rotatable bonds is 3. The van der Waals surface area contributed by atoms with Gasteiger partial charge in [-0.05, 0) is 36.4 Å². The molecule has 1 fully saturated rings. The van der Waals surface area contributed by atoms with E-state index in [1.54, 1.807) is 28.0 Å². The molecule has 6 nitrogen and oxygen atoms in total. The topological polar surface area (TPSA) is 74.0 Å². The van der Waals surface area contributed by atoms with E-state index in [4.69, 9.17) is 4.42 Å². The Bertz CT molecular complexity index is 728. The number of amides is 2. The summed E-state index contributed by atoms with van der Waals surface area (Å²) in [5.74, 6) is 1.05. The summed E-state index contributed by atoms with van der Waals surface area (Å²) in [7, 11) is 0. The van der Waals surface area contributed by atoms with E-state index in [0.29, 0.717) is 37.5 Å². The highest BCUT2D eigenvalue weighted by atomic mass is 16.4. The van der Waals surface area contributed by atoms with E-state index in [-0.39, 0.29) is 17.6 Å². The number of nitrogens with zero attached hydrogens (tertiary/aromatic N) is 2. The monoisotopic (exact) mass is 328 g/mol. The summed E-state index contributed by atoms with van der Waals surface area (Å²) in [6.45, 7) is 3.88. The maximum atomic E-state index is 12.4. The Kier molecular flexibility index (Phi) is 4.55. The fraction of sp³-hybridized carbons (Fsp3) is 0.333. The summed E-state index contributed by atoms with van der Waals surface area (Å²) in [6.07, 6.45) is 0.752. The van der Waals surface area contributed by atoms with Crippen LogP contribution in [0.5, 0.6) is 5.75 Å². The van der Waals surface area contributed by atoms with Crippen molar-refractivity contribution in [3.63, 3.8) is 0 Å². The molecule has 0 spiro atoms. The largest absolute Gasteiger partial charge is 0.508 e. The van der Waals surface area contributed by atoms with Crippen molar-refractivity contribution in [1.82, 2.24) is 9.80 Å². The number of benzene rings is 1. The zero-order valence-electron chi connectivity index (χ0n) is 13.6. The van der Waals surface area contributed by atoms with E-state index < -0.39 is 0 Å². The minimum absolute atomic E-state index is 0.0895. The van der Waals surface area contributed by atoms with Gasteiger partial charge < -0.3 is 19.3 Å². The molecule has 0 unspecified atom stereocenters. The van der Waals surface area contributed by atoms with Gasteiger partial charge in [-0.1, -0.05) is 6.92 Å². The summed E-state index contributed by atoms with van der Waals surface area (Å²) < 4.78 is 5.51. The summed E-state index contributed by atoms with van der Waals surface area (Å²) in [6, 6.07) is 9.71. The number of carbonyl (C=O) groups is 2. The van der Waals surface area contributed by atoms with Crippen LogP contribution < -0.4 is 0 Å². The van der Waals surface area contributed by atoms with Gasteiger partial charge in [-0.25, -0.2) is 0 Å². The van der Waals surface area contributed by atoms with Gasteiger partial charge in [-0.3, -0.25) is 9.59 Å². The number of carbonyl (C=O) groups excluding carboxylic acids is 2. The van der Waals surface area contributed by atoms with Gasteiger partial charge in [0.05, 0.1) is 0 Å². The molecule has 3 rings (SSSR count). The third-order valence-corrected chi connectivity index (χ3v) is 4.19. The molecule has 0 radical (unpaired) electrons. The van der Waals surface area contributed by atoms with Crippen LogP contribution in [0.25, 0.3) is 0 Å². The van der Waals surface area contributed by atoms with Crippen molar-refractivity contribution in [2.75, 3.05) is 26.2 Å². The van der Waals surface area contributed by atoms with Gasteiger partial charge in [-0.2, -0.15) is 0 Å². The number of phenolic OH excluding ortho intramolecular Hbond substituents is 1. The van der Waals surface area contributed by atoms with E-state index in [2.05, 4.69) is 0 Å². The van der Waals surface area contributed by atoms with E-state index >= 15 is 0 Å². The first-order valence-corrected chi connectivity index (χ1v) is 8.04. The number of phenols is 1. The third-order valence-electron chi connectivity index (χ3n) is 4.19. The normalized spacial score (nSPS) is 14.7. The Morgan fingerprint density at radius 1 is 0.958 bits per heavy atom. The summed E-state index contributed by atoms with van der Waals surface area (Å²) in [5, 5.41) is 9.29. The summed E-state index contributed by atoms with van der Waals surface area (Å²) >= 11 is 0. The number of piperazine rings is 1. The van der Waals surface area contributed by atoms with Crippen LogP contribution in [0.3, 0.4) is 0 Å². The molecular formula is C18H20N2O4. The lowest BCUT2D eigenvalue weighted by molar-refractivity contribution is 0.0517. The summed E-state index contributed by atoms with van der Waals surface area (Å²) in [5.41, 5.74) is 0.534. The smallest absolute Gasteiger partial charge is 0.289 e. The molecular weight excluding hydrogens is 308 g/mol. The van der Waals surface area contributed by atoms with E-state index in [1.165, 1.54) is 12.1 Å². The van der Waals surface area contributed by atoms with Crippen LogP contribution in [0.15, 0.2) is 40.8 Å². The highest BCUT2D eigenvalue weighted by Crippen LogP contribution is 2.16. The zero-order valence-corrected chi connectivity index (χ0v) is 13.6. The molecule has 1 aliphatic rings. The molecule has 0 bridgehead atoms. The Morgan fingerprint density at radius 2 is 1.54 bits per heavy atom. The van der Waals surface area contributed by atoms with Crippen LogP contribution in [0.4, 0.5) is 0 Å². The van der Waals surface area contributed by atoms with Gasteiger partial charge in [0, 0.05) is 38.2 Å². The van der Waals surface area contributed by atoms with E-state index in [9.17, 15) is 14.7 Å². The predicted octanol–water partition coefficient (Wildman–Crippen LogP) is 2.15. The predicted molar refractivity (Wildman–Crippen MR) is 88.0 cm³/mol. The van der Waals surface area contributed by atoms with Crippen molar-refractivity contribution in [3.8, 4) is 5.75 Å². The van der Waals surface area contributed by atoms with Gasteiger partial charge in [0.2, 0.25) is 0 Å². The Balaban J connectivity index is 1.60. The fourth-order valence-electron chi connectivity index (χ4n) is 2.74. The minimum Gasteiger partial charge on any atom is -0.508 e. The highest BCUT2D eigenvalue weighted by Gasteiger charge is 2.26. The van der Waals surface area contributed by atoms with Gasteiger partial charge in [0.15, 0.2) is 5.76 Å². The second-order valence-electron chi connectivity index (χ2n) is 5.75. The molecule has 2 amide bonds. The maximum Gasteiger partial charge on any atom is 0.289 e. The molecule has 0 saturated carbocycles. The van der Waals surface area contributed by atoms with Crippen molar-refractivity contribution in [2.24, 2.45) is 0 Å². The van der Waals surface area contributed by atoms with Crippen molar-refractivity contribution in [3.05, 3.63) is 53.5 Å². The molecule has 0 atom stereocenters. The molecule has 0 aliphatic carbocycles.